The average molecular weight is 530 g/mol. The molecule has 38 heavy (non-hydrogen) atoms. The van der Waals surface area contributed by atoms with E-state index in [1.165, 1.54) is 7.11 Å². The van der Waals surface area contributed by atoms with E-state index in [0.717, 1.165) is 55.6 Å². The minimum absolute atomic E-state index is 0.106. The quantitative estimate of drug-likeness (QED) is 0.482. The van der Waals surface area contributed by atoms with Crippen molar-refractivity contribution in [1.29, 1.82) is 0 Å². The molecule has 3 heterocycles. The van der Waals surface area contributed by atoms with Crippen LogP contribution in [0.4, 0.5) is 0 Å². The van der Waals surface area contributed by atoms with E-state index in [2.05, 4.69) is 24.8 Å². The predicted octanol–water partition coefficient (Wildman–Crippen LogP) is 3.47. The van der Waals surface area contributed by atoms with E-state index in [-0.39, 0.29) is 24.7 Å². The third-order valence-electron chi connectivity index (χ3n) is 8.61. The molecule has 5 rings (SSSR count). The lowest BCUT2D eigenvalue weighted by Gasteiger charge is -2.39. The lowest BCUT2D eigenvalue weighted by atomic mass is 9.77. The third-order valence-corrected chi connectivity index (χ3v) is 8.61. The second-order valence-corrected chi connectivity index (χ2v) is 11.4. The number of nitrogens with zero attached hydrogens (tertiary/aromatic N) is 1. The molecule has 4 aliphatic rings. The molecule has 1 aromatic carbocycles. The zero-order valence-corrected chi connectivity index (χ0v) is 22.8. The molecule has 1 spiro atoms. The van der Waals surface area contributed by atoms with Crippen LogP contribution in [0.3, 0.4) is 0 Å². The Morgan fingerprint density at radius 3 is 2.68 bits per heavy atom. The molecule has 9 heteroatoms. The first-order chi connectivity index (χ1) is 18.2. The van der Waals surface area contributed by atoms with Crippen LogP contribution in [0.5, 0.6) is 11.5 Å². The Morgan fingerprint density at radius 1 is 1.21 bits per heavy atom. The molecule has 0 unspecified atom stereocenters. The molecule has 1 fully saturated rings. The van der Waals surface area contributed by atoms with E-state index in [1.54, 1.807) is 7.11 Å². The van der Waals surface area contributed by atoms with Crippen LogP contribution < -0.4 is 9.47 Å². The van der Waals surface area contributed by atoms with Crippen molar-refractivity contribution in [1.82, 2.24) is 4.90 Å². The minimum Gasteiger partial charge on any atom is -0.497 e. The Kier molecular flexibility index (Phi) is 7.35. The highest BCUT2D eigenvalue weighted by Crippen LogP contribution is 2.55. The van der Waals surface area contributed by atoms with Gasteiger partial charge in [0.1, 0.15) is 5.76 Å². The van der Waals surface area contributed by atoms with Crippen molar-refractivity contribution in [2.24, 2.45) is 5.92 Å². The highest BCUT2D eigenvalue weighted by molar-refractivity contribution is 5.86. The van der Waals surface area contributed by atoms with Gasteiger partial charge in [-0.15, -0.1) is 0 Å². The van der Waals surface area contributed by atoms with Gasteiger partial charge < -0.3 is 28.8 Å². The summed E-state index contributed by atoms with van der Waals surface area (Å²) in [6.45, 7) is 6.13. The van der Waals surface area contributed by atoms with E-state index in [4.69, 9.17) is 23.7 Å². The monoisotopic (exact) mass is 529 g/mol. The fourth-order valence-electron chi connectivity index (χ4n) is 6.70. The van der Waals surface area contributed by atoms with Crippen LogP contribution in [0.15, 0.2) is 24.0 Å². The molecule has 0 amide bonds. The van der Waals surface area contributed by atoms with E-state index < -0.39 is 30.1 Å². The molecule has 9 nitrogen and oxygen atoms in total. The highest BCUT2D eigenvalue weighted by Gasteiger charge is 2.59. The summed E-state index contributed by atoms with van der Waals surface area (Å²) in [4.78, 5) is 28.4. The van der Waals surface area contributed by atoms with Crippen molar-refractivity contribution in [3.63, 3.8) is 0 Å². The molecule has 1 saturated heterocycles. The Bertz CT molecular complexity index is 1120. The van der Waals surface area contributed by atoms with Crippen molar-refractivity contribution >= 4 is 11.9 Å². The second kappa shape index (κ2) is 10.4. The number of carbonyl (C=O) groups is 2. The first-order valence-corrected chi connectivity index (χ1v) is 13.7. The summed E-state index contributed by atoms with van der Waals surface area (Å²) in [5.41, 5.74) is -0.209. The number of hydrogen-bond acceptors (Lipinski definition) is 9. The molecule has 1 N–H and O–H groups in total. The van der Waals surface area contributed by atoms with Gasteiger partial charge in [-0.05, 0) is 73.9 Å². The fraction of sp³-hybridized carbons (Fsp3) is 0.655. The number of hydrogen-bond donors (Lipinski definition) is 1. The Balaban J connectivity index is 1.51. The lowest BCUT2D eigenvalue weighted by Crippen LogP contribution is -2.49. The van der Waals surface area contributed by atoms with Crippen molar-refractivity contribution in [2.45, 2.75) is 82.0 Å². The van der Waals surface area contributed by atoms with Gasteiger partial charge in [0.25, 0.3) is 0 Å². The molecule has 208 valence electrons. The Labute approximate surface area is 224 Å². The molecule has 1 aliphatic carbocycles. The van der Waals surface area contributed by atoms with Gasteiger partial charge in [0, 0.05) is 6.54 Å². The molecule has 0 aromatic heterocycles. The van der Waals surface area contributed by atoms with Crippen molar-refractivity contribution in [3.8, 4) is 11.5 Å². The predicted molar refractivity (Wildman–Crippen MR) is 138 cm³/mol. The maximum absolute atomic E-state index is 13.7. The lowest BCUT2D eigenvalue weighted by molar-refractivity contribution is -0.178. The summed E-state index contributed by atoms with van der Waals surface area (Å²) in [6, 6.07) is 4.05. The summed E-state index contributed by atoms with van der Waals surface area (Å²) in [5, 5.41) is 11.5. The summed E-state index contributed by atoms with van der Waals surface area (Å²) in [5.74, 6) is 0.620. The van der Waals surface area contributed by atoms with Crippen LogP contribution in [0, 0.1) is 5.92 Å². The summed E-state index contributed by atoms with van der Waals surface area (Å²) >= 11 is 0. The SMILES string of the molecule is COC(=O)C[C@](O)(CCCC(C)C)C(=O)O[C@H]1C(OC)=C[C@]23CCCN2CCc2cc4c(cc2[C@@H]13)OCO4. The maximum Gasteiger partial charge on any atom is 0.339 e. The van der Waals surface area contributed by atoms with Gasteiger partial charge in [-0.3, -0.25) is 9.69 Å². The molecule has 4 atom stereocenters. The molecule has 0 radical (unpaired) electrons. The van der Waals surface area contributed by atoms with Crippen molar-refractivity contribution < 1.29 is 38.4 Å². The van der Waals surface area contributed by atoms with Crippen molar-refractivity contribution in [2.75, 3.05) is 34.1 Å². The number of aliphatic hydroxyl groups is 1. The number of ether oxygens (including phenoxy) is 5. The maximum atomic E-state index is 13.7. The first-order valence-electron chi connectivity index (χ1n) is 13.7. The first kappa shape index (κ1) is 26.8. The van der Waals surface area contributed by atoms with Crippen LogP contribution >= 0.6 is 0 Å². The van der Waals surface area contributed by atoms with Gasteiger partial charge in [0.15, 0.2) is 23.2 Å². The zero-order valence-electron chi connectivity index (χ0n) is 22.8. The van der Waals surface area contributed by atoms with Gasteiger partial charge in [0.05, 0.1) is 32.1 Å². The van der Waals surface area contributed by atoms with Gasteiger partial charge in [-0.2, -0.15) is 0 Å². The summed E-state index contributed by atoms with van der Waals surface area (Å²) < 4.78 is 28.2. The third kappa shape index (κ3) is 4.64. The van der Waals surface area contributed by atoms with Gasteiger partial charge in [-0.25, -0.2) is 4.79 Å². The molecular weight excluding hydrogens is 490 g/mol. The van der Waals surface area contributed by atoms with Crippen LogP contribution in [-0.2, 0) is 30.2 Å². The van der Waals surface area contributed by atoms with Crippen molar-refractivity contribution in [3.05, 3.63) is 35.1 Å². The van der Waals surface area contributed by atoms with Gasteiger partial charge >= 0.3 is 11.9 Å². The number of fused-ring (bicyclic) bond motifs is 3. The topological polar surface area (TPSA) is 104 Å². The zero-order chi connectivity index (χ0) is 27.1. The normalized spacial score (nSPS) is 27.1. The molecule has 0 saturated carbocycles. The van der Waals surface area contributed by atoms with Gasteiger partial charge in [0.2, 0.25) is 6.79 Å². The standard InChI is InChI=1S/C29H39NO8/c1-18(2)7-5-10-29(33,16-24(31)35-4)27(32)38-26-23(34-3)15-28-9-6-11-30(28)12-8-19-13-21-22(37-17-36-21)14-20(19)25(26)28/h13-15,18,25-26,33H,5-12,16-17H2,1-4H3/t25-,26-,28-,29+/m0/s1. The second-order valence-electron chi connectivity index (χ2n) is 11.4. The molecular formula is C29H39NO8. The molecule has 0 bridgehead atoms. The Hall–Kier alpha value is -2.78. The van der Waals surface area contributed by atoms with E-state index in [9.17, 15) is 14.7 Å². The largest absolute Gasteiger partial charge is 0.497 e. The number of esters is 2. The van der Waals surface area contributed by atoms with Gasteiger partial charge in [-0.1, -0.05) is 20.3 Å². The Morgan fingerprint density at radius 2 is 1.97 bits per heavy atom. The fourth-order valence-corrected chi connectivity index (χ4v) is 6.70. The molecule has 3 aliphatic heterocycles. The van der Waals surface area contributed by atoms with Crippen LogP contribution in [-0.4, -0.2) is 73.3 Å². The number of rotatable bonds is 9. The van der Waals surface area contributed by atoms with E-state index in [1.807, 2.05) is 12.1 Å². The molecule has 1 aromatic rings. The van der Waals surface area contributed by atoms with E-state index >= 15 is 0 Å². The average Bonchev–Trinajstić information content (AvgIpc) is 3.57. The van der Waals surface area contributed by atoms with Crippen LogP contribution in [0.1, 0.15) is 69.4 Å². The highest BCUT2D eigenvalue weighted by atomic mass is 16.7. The van der Waals surface area contributed by atoms with Crippen LogP contribution in [0.2, 0.25) is 0 Å². The summed E-state index contributed by atoms with van der Waals surface area (Å²) in [6.07, 6.45) is 5.13. The number of benzene rings is 1. The van der Waals surface area contributed by atoms with E-state index in [0.29, 0.717) is 23.8 Å². The number of carbonyl (C=O) groups excluding carboxylic acids is 2. The number of methoxy groups -OCH3 is 2. The van der Waals surface area contributed by atoms with Crippen LogP contribution in [0.25, 0.3) is 0 Å². The smallest absolute Gasteiger partial charge is 0.339 e. The summed E-state index contributed by atoms with van der Waals surface area (Å²) in [7, 11) is 2.83. The minimum atomic E-state index is -1.99.